The summed E-state index contributed by atoms with van der Waals surface area (Å²) < 4.78 is 0. The number of benzene rings is 2. The lowest BCUT2D eigenvalue weighted by Gasteiger charge is -2.19. The molecule has 0 saturated carbocycles. The smallest absolute Gasteiger partial charge is 0.326 e. The molecule has 3 rings (SSSR count). The number of nitrogens with zero attached hydrogens (tertiary/aromatic N) is 2. The fourth-order valence-corrected chi connectivity index (χ4v) is 3.16. The van der Waals surface area contributed by atoms with E-state index in [0.29, 0.717) is 16.4 Å². The van der Waals surface area contributed by atoms with Gasteiger partial charge in [0, 0.05) is 17.3 Å². The molecule has 1 atom stereocenters. The molecule has 2 aromatic rings. The van der Waals surface area contributed by atoms with Gasteiger partial charge in [-0.15, -0.1) is 6.58 Å². The summed E-state index contributed by atoms with van der Waals surface area (Å²) in [6.07, 6.45) is 1.39. The maximum absolute atomic E-state index is 13.0. The van der Waals surface area contributed by atoms with Crippen LogP contribution in [0.4, 0.5) is 16.2 Å². The first-order valence-corrected chi connectivity index (χ1v) is 9.16. The Morgan fingerprint density at radius 2 is 1.79 bits per heavy atom. The normalized spacial score (nSPS) is 16.4. The lowest BCUT2D eigenvalue weighted by Crippen LogP contribution is -2.38. The van der Waals surface area contributed by atoms with Crippen molar-refractivity contribution in [2.45, 2.75) is 19.4 Å². The molecule has 4 amide bonds. The molecule has 2 aromatic carbocycles. The van der Waals surface area contributed by atoms with Crippen LogP contribution in [-0.4, -0.2) is 35.3 Å². The van der Waals surface area contributed by atoms with Crippen LogP contribution in [0.1, 0.15) is 12.0 Å². The number of anilines is 2. The molecule has 0 unspecified atom stereocenters. The average molecular weight is 398 g/mol. The molecule has 0 radical (unpaired) electrons. The molecule has 6 nitrogen and oxygen atoms in total. The molecule has 1 fully saturated rings. The molecule has 1 aliphatic heterocycles. The Morgan fingerprint density at radius 3 is 2.39 bits per heavy atom. The lowest BCUT2D eigenvalue weighted by molar-refractivity contribution is -0.124. The first kappa shape index (κ1) is 19.6. The summed E-state index contributed by atoms with van der Waals surface area (Å²) in [7, 11) is 0. The van der Waals surface area contributed by atoms with Crippen LogP contribution in [0.5, 0.6) is 0 Å². The van der Waals surface area contributed by atoms with Gasteiger partial charge < -0.3 is 10.2 Å². The van der Waals surface area contributed by atoms with Gasteiger partial charge in [0.2, 0.25) is 5.91 Å². The molecule has 1 saturated heterocycles. The third-order valence-electron chi connectivity index (χ3n) is 4.44. The summed E-state index contributed by atoms with van der Waals surface area (Å²) in [6.45, 7) is 5.74. The van der Waals surface area contributed by atoms with Gasteiger partial charge in [-0.1, -0.05) is 35.4 Å². The fourth-order valence-electron chi connectivity index (χ4n) is 3.03. The minimum absolute atomic E-state index is 0.149. The Hall–Kier alpha value is -3.12. The van der Waals surface area contributed by atoms with E-state index in [9.17, 15) is 14.4 Å². The predicted octanol–water partition coefficient (Wildman–Crippen LogP) is 4.00. The number of carbonyl (C=O) groups excluding carboxylic acids is 3. The van der Waals surface area contributed by atoms with Gasteiger partial charge in [0.25, 0.3) is 5.91 Å². The van der Waals surface area contributed by atoms with Gasteiger partial charge >= 0.3 is 6.03 Å². The second kappa shape index (κ2) is 8.27. The fraction of sp³-hybridized carbons (Fsp3) is 0.190. The summed E-state index contributed by atoms with van der Waals surface area (Å²) in [4.78, 5) is 40.7. The molecule has 144 valence electrons. The first-order valence-electron chi connectivity index (χ1n) is 8.78. The number of amides is 4. The topological polar surface area (TPSA) is 69.7 Å². The van der Waals surface area contributed by atoms with Crippen LogP contribution in [0.25, 0.3) is 0 Å². The zero-order valence-corrected chi connectivity index (χ0v) is 16.1. The number of urea groups is 1. The first-order chi connectivity index (χ1) is 13.4. The van der Waals surface area contributed by atoms with Crippen molar-refractivity contribution in [1.29, 1.82) is 0 Å². The Labute approximate surface area is 168 Å². The summed E-state index contributed by atoms with van der Waals surface area (Å²) in [5.41, 5.74) is 2.07. The van der Waals surface area contributed by atoms with Crippen LogP contribution >= 0.6 is 11.6 Å². The highest BCUT2D eigenvalue weighted by Gasteiger charge is 2.46. The number of imide groups is 1. The molecule has 1 aliphatic rings. The summed E-state index contributed by atoms with van der Waals surface area (Å²) in [5, 5.41) is 3.28. The second-order valence-electron chi connectivity index (χ2n) is 6.51. The Balaban J connectivity index is 1.79. The standard InChI is InChI=1S/C21H20ClN3O3/c1-3-12-24-18(13-19(26)23-16-8-6-15(22)7-9-16)20(27)25(21(24)28)17-10-4-14(2)5-11-17/h3-11,18H,1,12-13H2,2H3,(H,23,26)/t18-/m1/s1. The molecule has 0 aromatic heterocycles. The van der Waals surface area contributed by atoms with Crippen LogP contribution in [0.2, 0.25) is 5.02 Å². The second-order valence-corrected chi connectivity index (χ2v) is 6.94. The number of hydrogen-bond acceptors (Lipinski definition) is 3. The van der Waals surface area contributed by atoms with E-state index >= 15 is 0 Å². The van der Waals surface area contributed by atoms with E-state index in [1.54, 1.807) is 36.4 Å². The molecule has 0 bridgehead atoms. The molecule has 1 heterocycles. The molecule has 1 N–H and O–H groups in total. The third kappa shape index (κ3) is 4.07. The number of aryl methyl sites for hydroxylation is 1. The van der Waals surface area contributed by atoms with E-state index in [1.165, 1.54) is 11.0 Å². The summed E-state index contributed by atoms with van der Waals surface area (Å²) in [6, 6.07) is 12.4. The van der Waals surface area contributed by atoms with Crippen molar-refractivity contribution in [1.82, 2.24) is 4.90 Å². The number of hydrogen-bond donors (Lipinski definition) is 1. The Morgan fingerprint density at radius 1 is 1.14 bits per heavy atom. The molecule has 7 heteroatoms. The Kier molecular flexibility index (Phi) is 5.80. The van der Waals surface area contributed by atoms with Crippen molar-refractivity contribution in [3.8, 4) is 0 Å². The van der Waals surface area contributed by atoms with E-state index in [2.05, 4.69) is 11.9 Å². The minimum Gasteiger partial charge on any atom is -0.326 e. The maximum Gasteiger partial charge on any atom is 0.332 e. The van der Waals surface area contributed by atoms with Gasteiger partial charge in [0.15, 0.2) is 0 Å². The van der Waals surface area contributed by atoms with Gasteiger partial charge in [0.1, 0.15) is 6.04 Å². The maximum atomic E-state index is 13.0. The van der Waals surface area contributed by atoms with Crippen LogP contribution in [-0.2, 0) is 9.59 Å². The highest BCUT2D eigenvalue weighted by molar-refractivity contribution is 6.30. The van der Waals surface area contributed by atoms with Crippen molar-refractivity contribution in [3.05, 3.63) is 71.8 Å². The number of rotatable bonds is 6. The van der Waals surface area contributed by atoms with Crippen LogP contribution in [0.3, 0.4) is 0 Å². The van der Waals surface area contributed by atoms with Crippen molar-refractivity contribution in [2.24, 2.45) is 0 Å². The summed E-state index contributed by atoms with van der Waals surface area (Å²) in [5.74, 6) is -0.796. The van der Waals surface area contributed by atoms with Crippen molar-refractivity contribution in [2.75, 3.05) is 16.8 Å². The lowest BCUT2D eigenvalue weighted by atomic mass is 10.1. The highest BCUT2D eigenvalue weighted by atomic mass is 35.5. The van der Waals surface area contributed by atoms with Crippen LogP contribution in [0, 0.1) is 6.92 Å². The van der Waals surface area contributed by atoms with Crippen LogP contribution < -0.4 is 10.2 Å². The van der Waals surface area contributed by atoms with Gasteiger partial charge in [-0.2, -0.15) is 0 Å². The monoisotopic (exact) mass is 397 g/mol. The highest BCUT2D eigenvalue weighted by Crippen LogP contribution is 2.27. The molecule has 28 heavy (non-hydrogen) atoms. The average Bonchev–Trinajstić information content (AvgIpc) is 2.89. The molecule has 0 aliphatic carbocycles. The Bertz CT molecular complexity index is 909. The quantitative estimate of drug-likeness (QED) is 0.591. The van der Waals surface area contributed by atoms with Gasteiger partial charge in [0.05, 0.1) is 12.1 Å². The SMILES string of the molecule is C=CCN1C(=O)N(c2ccc(C)cc2)C(=O)[C@H]1CC(=O)Nc1ccc(Cl)cc1. The van der Waals surface area contributed by atoms with E-state index in [4.69, 9.17) is 11.6 Å². The van der Waals surface area contributed by atoms with E-state index in [0.717, 1.165) is 10.5 Å². The van der Waals surface area contributed by atoms with Crippen molar-refractivity contribution >= 4 is 40.8 Å². The minimum atomic E-state index is -0.890. The number of carbonyl (C=O) groups is 3. The molecular formula is C21H20ClN3O3. The zero-order chi connectivity index (χ0) is 20.3. The van der Waals surface area contributed by atoms with E-state index < -0.39 is 18.0 Å². The zero-order valence-electron chi connectivity index (χ0n) is 15.4. The van der Waals surface area contributed by atoms with Gasteiger partial charge in [-0.05, 0) is 43.3 Å². The molecular weight excluding hydrogens is 378 g/mol. The third-order valence-corrected chi connectivity index (χ3v) is 4.70. The van der Waals surface area contributed by atoms with E-state index in [1.807, 2.05) is 19.1 Å². The van der Waals surface area contributed by atoms with Crippen molar-refractivity contribution < 1.29 is 14.4 Å². The van der Waals surface area contributed by atoms with Gasteiger partial charge in [-0.3, -0.25) is 9.59 Å². The number of nitrogens with one attached hydrogen (secondary N) is 1. The predicted molar refractivity (Wildman–Crippen MR) is 109 cm³/mol. The van der Waals surface area contributed by atoms with E-state index in [-0.39, 0.29) is 18.9 Å². The van der Waals surface area contributed by atoms with Crippen molar-refractivity contribution in [3.63, 3.8) is 0 Å². The van der Waals surface area contributed by atoms with Crippen LogP contribution in [0.15, 0.2) is 61.2 Å². The number of halogens is 1. The largest absolute Gasteiger partial charge is 0.332 e. The van der Waals surface area contributed by atoms with Gasteiger partial charge in [-0.25, -0.2) is 9.69 Å². The molecule has 0 spiro atoms. The summed E-state index contributed by atoms with van der Waals surface area (Å²) >= 11 is 5.84.